The first-order valence-corrected chi connectivity index (χ1v) is 21.3. The number of nitrogens with zero attached hydrogens (tertiary/aromatic N) is 2. The Morgan fingerprint density at radius 3 is 1.35 bits per heavy atom. The maximum absolute atomic E-state index is 2.38. The molecule has 0 saturated heterocycles. The Kier molecular flexibility index (Phi) is 9.57. The second-order valence-electron chi connectivity index (χ2n) is 15.8. The van der Waals surface area contributed by atoms with E-state index in [1.54, 1.807) is 0 Å². The van der Waals surface area contributed by atoms with Crippen LogP contribution < -0.4 is 4.90 Å². The number of benzene rings is 10. The number of para-hydroxylation sites is 3. The molecule has 2 heteroatoms. The first-order chi connectivity index (χ1) is 30.7. The van der Waals surface area contributed by atoms with Crippen molar-refractivity contribution in [3.63, 3.8) is 0 Å². The summed E-state index contributed by atoms with van der Waals surface area (Å²) in [5.41, 5.74) is 18.8. The molecule has 0 amide bonds. The molecule has 2 nitrogen and oxygen atoms in total. The third kappa shape index (κ3) is 6.94. The van der Waals surface area contributed by atoms with Crippen molar-refractivity contribution in [1.29, 1.82) is 0 Å². The van der Waals surface area contributed by atoms with E-state index in [2.05, 4.69) is 264 Å². The molecule has 11 aromatic rings. The molecule has 0 bridgehead atoms. The van der Waals surface area contributed by atoms with Crippen molar-refractivity contribution in [2.24, 2.45) is 0 Å². The largest absolute Gasteiger partial charge is 0.310 e. The minimum atomic E-state index is 1.09. The highest BCUT2D eigenvalue weighted by Crippen LogP contribution is 2.42. The molecule has 0 spiro atoms. The minimum Gasteiger partial charge on any atom is -0.310 e. The van der Waals surface area contributed by atoms with E-state index in [4.69, 9.17) is 0 Å². The van der Waals surface area contributed by atoms with Crippen LogP contribution in [0.5, 0.6) is 0 Å². The number of hydrogen-bond donors (Lipinski definition) is 0. The van der Waals surface area contributed by atoms with Gasteiger partial charge in [-0.2, -0.15) is 0 Å². The lowest BCUT2D eigenvalue weighted by Gasteiger charge is -2.26. The van der Waals surface area contributed by atoms with E-state index in [1.165, 1.54) is 71.9 Å². The average Bonchev–Trinajstić information content (AvgIpc) is 3.70. The second-order valence-corrected chi connectivity index (χ2v) is 15.8. The van der Waals surface area contributed by atoms with Gasteiger partial charge < -0.3 is 9.47 Å². The third-order valence-electron chi connectivity index (χ3n) is 11.9. The molecule has 1 aromatic heterocycles. The molecule has 0 radical (unpaired) electrons. The zero-order valence-electron chi connectivity index (χ0n) is 34.1. The summed E-state index contributed by atoms with van der Waals surface area (Å²) in [5.74, 6) is 0. The van der Waals surface area contributed by atoms with Gasteiger partial charge in [0.05, 0.1) is 11.0 Å². The van der Waals surface area contributed by atoms with Crippen molar-refractivity contribution >= 4 is 38.9 Å². The van der Waals surface area contributed by atoms with Gasteiger partial charge in [-0.1, -0.05) is 170 Å². The van der Waals surface area contributed by atoms with Gasteiger partial charge in [0.1, 0.15) is 0 Å². The molecular weight excluding hydrogens is 749 g/mol. The van der Waals surface area contributed by atoms with Crippen LogP contribution in [0.1, 0.15) is 0 Å². The van der Waals surface area contributed by atoms with E-state index >= 15 is 0 Å². The molecule has 292 valence electrons. The van der Waals surface area contributed by atoms with E-state index < -0.39 is 0 Å². The molecule has 10 aromatic carbocycles. The van der Waals surface area contributed by atoms with Gasteiger partial charge in [-0.3, -0.25) is 0 Å². The highest BCUT2D eigenvalue weighted by atomic mass is 15.1. The quantitative estimate of drug-likeness (QED) is 0.141. The van der Waals surface area contributed by atoms with Crippen LogP contribution in [0.2, 0.25) is 0 Å². The van der Waals surface area contributed by atoms with Crippen molar-refractivity contribution in [2.75, 3.05) is 4.90 Å². The van der Waals surface area contributed by atoms with Crippen LogP contribution in [0.3, 0.4) is 0 Å². The average molecular weight is 791 g/mol. The molecule has 0 saturated carbocycles. The summed E-state index contributed by atoms with van der Waals surface area (Å²) in [5, 5.41) is 2.51. The maximum atomic E-state index is 2.38. The van der Waals surface area contributed by atoms with Crippen LogP contribution in [0.4, 0.5) is 17.1 Å². The standard InChI is InChI=1S/C60H42N2/c1-5-18-43(19-6-1)49-39-50(44-20-7-2-8-21-44)41-51(40-49)45-34-36-54(37-35-45)61(52-25-9-3-10-26-52)55-29-16-23-47(42-55)46-22-15-24-48(38-46)56-31-17-33-59-60(56)57-30-13-14-32-58(57)62(59)53-27-11-4-12-28-53/h1-42H. The number of anilines is 3. The van der Waals surface area contributed by atoms with Gasteiger partial charge in [-0.25, -0.2) is 0 Å². The fourth-order valence-electron chi connectivity index (χ4n) is 9.02. The summed E-state index contributed by atoms with van der Waals surface area (Å²) in [6.07, 6.45) is 0. The summed E-state index contributed by atoms with van der Waals surface area (Å²) < 4.78 is 2.38. The predicted molar refractivity (Wildman–Crippen MR) is 263 cm³/mol. The van der Waals surface area contributed by atoms with E-state index in [1.807, 2.05) is 0 Å². The summed E-state index contributed by atoms with van der Waals surface area (Å²) >= 11 is 0. The second kappa shape index (κ2) is 16.1. The monoisotopic (exact) mass is 790 g/mol. The Morgan fingerprint density at radius 2 is 0.694 bits per heavy atom. The summed E-state index contributed by atoms with van der Waals surface area (Å²) in [7, 11) is 0. The molecule has 0 aliphatic heterocycles. The van der Waals surface area contributed by atoms with Crippen LogP contribution >= 0.6 is 0 Å². The Labute approximate surface area is 362 Å². The highest BCUT2D eigenvalue weighted by molar-refractivity contribution is 6.16. The molecule has 0 N–H and O–H groups in total. The fraction of sp³-hybridized carbons (Fsp3) is 0. The summed E-state index contributed by atoms with van der Waals surface area (Å²) in [6, 6.07) is 92.0. The summed E-state index contributed by atoms with van der Waals surface area (Å²) in [4.78, 5) is 2.35. The number of aromatic nitrogens is 1. The zero-order valence-corrected chi connectivity index (χ0v) is 34.1. The first-order valence-electron chi connectivity index (χ1n) is 21.3. The fourth-order valence-corrected chi connectivity index (χ4v) is 9.02. The molecule has 62 heavy (non-hydrogen) atoms. The molecule has 1 heterocycles. The normalized spacial score (nSPS) is 11.2. The topological polar surface area (TPSA) is 8.17 Å². The zero-order chi connectivity index (χ0) is 41.2. The van der Waals surface area contributed by atoms with Gasteiger partial charge in [-0.15, -0.1) is 0 Å². The highest BCUT2D eigenvalue weighted by Gasteiger charge is 2.18. The van der Waals surface area contributed by atoms with E-state index in [-0.39, 0.29) is 0 Å². The van der Waals surface area contributed by atoms with E-state index in [0.29, 0.717) is 0 Å². The molecule has 11 rings (SSSR count). The van der Waals surface area contributed by atoms with Gasteiger partial charge in [0.25, 0.3) is 0 Å². The molecule has 0 atom stereocenters. The van der Waals surface area contributed by atoms with E-state index in [0.717, 1.165) is 28.3 Å². The number of fused-ring (bicyclic) bond motifs is 3. The lowest BCUT2D eigenvalue weighted by atomic mass is 9.93. The molecule has 0 aliphatic carbocycles. The molecular formula is C60H42N2. The van der Waals surface area contributed by atoms with Gasteiger partial charge in [0.15, 0.2) is 0 Å². The Hall–Kier alpha value is -8.20. The summed E-state index contributed by atoms with van der Waals surface area (Å²) in [6.45, 7) is 0. The number of rotatable bonds is 9. The van der Waals surface area contributed by atoms with Crippen molar-refractivity contribution < 1.29 is 0 Å². The van der Waals surface area contributed by atoms with Gasteiger partial charge >= 0.3 is 0 Å². The molecule has 0 aliphatic rings. The first kappa shape index (κ1) is 36.8. The minimum absolute atomic E-state index is 1.09. The van der Waals surface area contributed by atoms with Crippen LogP contribution in [0.15, 0.2) is 255 Å². The van der Waals surface area contributed by atoms with Crippen molar-refractivity contribution in [2.45, 2.75) is 0 Å². The van der Waals surface area contributed by atoms with Gasteiger partial charge in [-0.05, 0) is 141 Å². The van der Waals surface area contributed by atoms with Crippen molar-refractivity contribution in [3.8, 4) is 61.3 Å². The van der Waals surface area contributed by atoms with Crippen LogP contribution in [-0.2, 0) is 0 Å². The molecule has 0 fully saturated rings. The van der Waals surface area contributed by atoms with Crippen molar-refractivity contribution in [3.05, 3.63) is 255 Å². The van der Waals surface area contributed by atoms with Crippen molar-refractivity contribution in [1.82, 2.24) is 4.57 Å². The van der Waals surface area contributed by atoms with Crippen LogP contribution in [0.25, 0.3) is 83.1 Å². The Balaban J connectivity index is 0.974. The predicted octanol–water partition coefficient (Wildman–Crippen LogP) is 16.6. The number of hydrogen-bond acceptors (Lipinski definition) is 1. The van der Waals surface area contributed by atoms with Crippen LogP contribution in [-0.4, -0.2) is 4.57 Å². The Morgan fingerprint density at radius 1 is 0.258 bits per heavy atom. The van der Waals surface area contributed by atoms with Crippen LogP contribution in [0, 0.1) is 0 Å². The van der Waals surface area contributed by atoms with Gasteiger partial charge in [0.2, 0.25) is 0 Å². The third-order valence-corrected chi connectivity index (χ3v) is 11.9. The lowest BCUT2D eigenvalue weighted by Crippen LogP contribution is -2.09. The maximum Gasteiger partial charge on any atom is 0.0547 e. The lowest BCUT2D eigenvalue weighted by molar-refractivity contribution is 1.18. The SMILES string of the molecule is c1ccc(-c2cc(-c3ccccc3)cc(-c3ccc(N(c4ccccc4)c4cccc(-c5cccc(-c6cccc7c6c6ccccc6n7-c6ccccc6)c5)c4)cc3)c2)cc1. The van der Waals surface area contributed by atoms with E-state index in [9.17, 15) is 0 Å². The van der Waals surface area contributed by atoms with Gasteiger partial charge in [0, 0.05) is 33.5 Å². The molecule has 0 unspecified atom stereocenters. The Bertz CT molecular complexity index is 3260. The smallest absolute Gasteiger partial charge is 0.0547 e.